The highest BCUT2D eigenvalue weighted by molar-refractivity contribution is 5.85. The van der Waals surface area contributed by atoms with E-state index in [9.17, 15) is 14.9 Å². The van der Waals surface area contributed by atoms with Gasteiger partial charge in [0.1, 0.15) is 6.20 Å². The van der Waals surface area contributed by atoms with E-state index in [4.69, 9.17) is 0 Å². The lowest BCUT2D eigenvalue weighted by Gasteiger charge is -1.96. The molecule has 0 spiro atoms. The normalized spacial score (nSPS) is 10.0. The standard InChI is InChI=1S/C10H7N3O3/c14-6-7-3-1-2-4-8(7)10-11-5-9(12-10)13(15)16/h1-6H,(H,11,12). The van der Waals surface area contributed by atoms with Crippen molar-refractivity contribution in [1.82, 2.24) is 9.97 Å². The van der Waals surface area contributed by atoms with E-state index in [1.807, 2.05) is 0 Å². The number of H-pyrrole nitrogens is 1. The summed E-state index contributed by atoms with van der Waals surface area (Å²) in [4.78, 5) is 27.1. The van der Waals surface area contributed by atoms with E-state index in [0.29, 0.717) is 23.2 Å². The molecule has 1 N–H and O–H groups in total. The Hall–Kier alpha value is -2.50. The summed E-state index contributed by atoms with van der Waals surface area (Å²) in [7, 11) is 0. The van der Waals surface area contributed by atoms with Crippen molar-refractivity contribution in [2.45, 2.75) is 0 Å². The highest BCUT2D eigenvalue weighted by Gasteiger charge is 2.14. The molecule has 0 aliphatic heterocycles. The Morgan fingerprint density at radius 2 is 2.12 bits per heavy atom. The zero-order valence-electron chi connectivity index (χ0n) is 8.08. The van der Waals surface area contributed by atoms with Gasteiger partial charge in [0.2, 0.25) is 5.82 Å². The molecule has 1 aromatic carbocycles. The molecule has 16 heavy (non-hydrogen) atoms. The van der Waals surface area contributed by atoms with Crippen LogP contribution < -0.4 is 0 Å². The molecule has 80 valence electrons. The van der Waals surface area contributed by atoms with Crippen molar-refractivity contribution in [1.29, 1.82) is 0 Å². The van der Waals surface area contributed by atoms with Gasteiger partial charge < -0.3 is 10.1 Å². The smallest absolute Gasteiger partial charge is 0.340 e. The van der Waals surface area contributed by atoms with Crippen molar-refractivity contribution in [2.24, 2.45) is 0 Å². The molecule has 0 unspecified atom stereocenters. The van der Waals surface area contributed by atoms with Crippen molar-refractivity contribution in [3.8, 4) is 11.4 Å². The molecule has 0 fully saturated rings. The lowest BCUT2D eigenvalue weighted by atomic mass is 10.1. The third-order valence-corrected chi connectivity index (χ3v) is 2.10. The zero-order valence-corrected chi connectivity index (χ0v) is 8.08. The second-order valence-electron chi connectivity index (χ2n) is 3.08. The maximum Gasteiger partial charge on any atom is 0.340 e. The van der Waals surface area contributed by atoms with Crippen LogP contribution in [0.4, 0.5) is 5.82 Å². The number of rotatable bonds is 3. The first-order valence-corrected chi connectivity index (χ1v) is 4.46. The lowest BCUT2D eigenvalue weighted by Crippen LogP contribution is -1.90. The molecule has 0 saturated carbocycles. The van der Waals surface area contributed by atoms with E-state index >= 15 is 0 Å². The quantitative estimate of drug-likeness (QED) is 0.482. The number of benzene rings is 1. The lowest BCUT2D eigenvalue weighted by molar-refractivity contribution is -0.389. The maximum absolute atomic E-state index is 10.8. The highest BCUT2D eigenvalue weighted by atomic mass is 16.6. The predicted octanol–water partition coefficient (Wildman–Crippen LogP) is 1.80. The highest BCUT2D eigenvalue weighted by Crippen LogP contribution is 2.21. The number of aromatic amines is 1. The minimum absolute atomic E-state index is 0.198. The Balaban J connectivity index is 2.50. The Bertz CT molecular complexity index is 548. The van der Waals surface area contributed by atoms with Gasteiger partial charge >= 0.3 is 5.82 Å². The maximum atomic E-state index is 10.8. The van der Waals surface area contributed by atoms with E-state index < -0.39 is 4.92 Å². The first kappa shape index (κ1) is 10.0. The molecule has 1 aromatic heterocycles. The van der Waals surface area contributed by atoms with Gasteiger partial charge in [-0.1, -0.05) is 18.2 Å². The predicted molar refractivity (Wildman–Crippen MR) is 56.1 cm³/mol. The van der Waals surface area contributed by atoms with Crippen molar-refractivity contribution in [2.75, 3.05) is 0 Å². The summed E-state index contributed by atoms with van der Waals surface area (Å²) in [5.74, 6) is 0.116. The molecule has 2 aromatic rings. The molecule has 2 rings (SSSR count). The number of nitrogens with zero attached hydrogens (tertiary/aromatic N) is 2. The molecular weight excluding hydrogens is 210 g/mol. The molecule has 6 heteroatoms. The number of nitrogens with one attached hydrogen (secondary N) is 1. The fourth-order valence-electron chi connectivity index (χ4n) is 1.36. The fourth-order valence-corrected chi connectivity index (χ4v) is 1.36. The van der Waals surface area contributed by atoms with Gasteiger partial charge in [-0.25, -0.2) is 9.97 Å². The Morgan fingerprint density at radius 1 is 1.38 bits per heavy atom. The SMILES string of the molecule is O=Cc1ccccc1-c1ncc([N+](=O)[O-])[nH]1. The number of carbonyl (C=O) groups is 1. The van der Waals surface area contributed by atoms with Gasteiger partial charge in [0, 0.05) is 5.56 Å². The van der Waals surface area contributed by atoms with Crippen LogP contribution in [0.25, 0.3) is 11.4 Å². The number of aromatic nitrogens is 2. The Morgan fingerprint density at radius 3 is 2.75 bits per heavy atom. The number of imidazole rings is 1. The summed E-state index contributed by atoms with van der Waals surface area (Å²) in [6, 6.07) is 6.74. The van der Waals surface area contributed by atoms with E-state index in [1.165, 1.54) is 0 Å². The molecule has 1 heterocycles. The van der Waals surface area contributed by atoms with Crippen LogP contribution >= 0.6 is 0 Å². The summed E-state index contributed by atoms with van der Waals surface area (Å²) in [6.45, 7) is 0. The Kier molecular flexibility index (Phi) is 2.47. The van der Waals surface area contributed by atoms with Gasteiger partial charge in [-0.15, -0.1) is 0 Å². The van der Waals surface area contributed by atoms with E-state index in [0.717, 1.165) is 6.20 Å². The van der Waals surface area contributed by atoms with Crippen LogP contribution in [0.1, 0.15) is 10.4 Å². The van der Waals surface area contributed by atoms with Gasteiger partial charge in [0.05, 0.1) is 5.56 Å². The molecule has 0 atom stereocenters. The summed E-state index contributed by atoms with van der Waals surface area (Å²) < 4.78 is 0. The number of nitro groups is 1. The molecule has 0 aliphatic carbocycles. The zero-order chi connectivity index (χ0) is 11.5. The third kappa shape index (κ3) is 1.68. The van der Waals surface area contributed by atoms with Crippen LogP contribution in [0, 0.1) is 10.1 Å². The number of hydrogen-bond acceptors (Lipinski definition) is 4. The van der Waals surface area contributed by atoms with Gasteiger partial charge in [-0.05, 0) is 11.0 Å². The Labute approximate surface area is 90.1 Å². The average Bonchev–Trinajstić information content (AvgIpc) is 2.78. The minimum Gasteiger partial charge on any atom is -0.358 e. The monoisotopic (exact) mass is 217 g/mol. The molecule has 6 nitrogen and oxygen atoms in total. The molecule has 0 bridgehead atoms. The van der Waals surface area contributed by atoms with Crippen LogP contribution in [0.3, 0.4) is 0 Å². The van der Waals surface area contributed by atoms with Crippen LogP contribution in [0.2, 0.25) is 0 Å². The largest absolute Gasteiger partial charge is 0.358 e. The van der Waals surface area contributed by atoms with E-state index in [1.54, 1.807) is 24.3 Å². The summed E-state index contributed by atoms with van der Waals surface area (Å²) in [6.07, 6.45) is 1.81. The fraction of sp³-hybridized carbons (Fsp3) is 0. The molecular formula is C10H7N3O3. The van der Waals surface area contributed by atoms with Crippen molar-refractivity contribution in [3.63, 3.8) is 0 Å². The van der Waals surface area contributed by atoms with Gasteiger partial charge in [0.25, 0.3) is 0 Å². The van der Waals surface area contributed by atoms with Gasteiger partial charge in [-0.2, -0.15) is 0 Å². The van der Waals surface area contributed by atoms with Crippen molar-refractivity contribution >= 4 is 12.1 Å². The third-order valence-electron chi connectivity index (χ3n) is 2.10. The minimum atomic E-state index is -0.569. The van der Waals surface area contributed by atoms with Crippen LogP contribution in [0.15, 0.2) is 30.5 Å². The first-order chi connectivity index (χ1) is 7.72. The van der Waals surface area contributed by atoms with Gasteiger partial charge in [0.15, 0.2) is 6.29 Å². The number of aldehydes is 1. The number of carbonyl (C=O) groups excluding carboxylic acids is 1. The summed E-state index contributed by atoms with van der Waals surface area (Å²) >= 11 is 0. The average molecular weight is 217 g/mol. The first-order valence-electron chi connectivity index (χ1n) is 4.46. The van der Waals surface area contributed by atoms with Crippen molar-refractivity contribution in [3.05, 3.63) is 46.1 Å². The molecule has 0 radical (unpaired) electrons. The van der Waals surface area contributed by atoms with Crippen LogP contribution in [-0.4, -0.2) is 21.2 Å². The molecule has 0 amide bonds. The topological polar surface area (TPSA) is 88.9 Å². The summed E-state index contributed by atoms with van der Waals surface area (Å²) in [5.41, 5.74) is 0.984. The number of hydrogen-bond donors (Lipinski definition) is 1. The van der Waals surface area contributed by atoms with Crippen LogP contribution in [-0.2, 0) is 0 Å². The summed E-state index contributed by atoms with van der Waals surface area (Å²) in [5, 5.41) is 10.5. The second kappa shape index (κ2) is 3.93. The van der Waals surface area contributed by atoms with E-state index in [-0.39, 0.29) is 5.82 Å². The van der Waals surface area contributed by atoms with Crippen LogP contribution in [0.5, 0.6) is 0 Å². The molecule has 0 aliphatic rings. The molecule has 0 saturated heterocycles. The second-order valence-corrected chi connectivity index (χ2v) is 3.08. The van der Waals surface area contributed by atoms with E-state index in [2.05, 4.69) is 9.97 Å². The van der Waals surface area contributed by atoms with Crippen molar-refractivity contribution < 1.29 is 9.72 Å². The van der Waals surface area contributed by atoms with Gasteiger partial charge in [-0.3, -0.25) is 4.79 Å².